The van der Waals surface area contributed by atoms with Crippen LogP contribution in [-0.4, -0.2) is 24.5 Å². The molecule has 17 heavy (non-hydrogen) atoms. The predicted molar refractivity (Wildman–Crippen MR) is 63.9 cm³/mol. The monoisotopic (exact) mass is 226 g/mol. The smallest absolute Gasteiger partial charge is 0.182 e. The van der Waals surface area contributed by atoms with E-state index in [-0.39, 0.29) is 0 Å². The van der Waals surface area contributed by atoms with E-state index in [4.69, 9.17) is 5.73 Å². The van der Waals surface area contributed by atoms with Crippen LogP contribution in [0.4, 0.5) is 5.82 Å². The third kappa shape index (κ3) is 1.59. The van der Waals surface area contributed by atoms with Crippen molar-refractivity contribution in [3.05, 3.63) is 31.0 Å². The second-order valence-electron chi connectivity index (χ2n) is 3.75. The normalized spacial score (nSPS) is 10.9. The Balaban J connectivity index is 2.25. The van der Waals surface area contributed by atoms with Crippen molar-refractivity contribution < 1.29 is 0 Å². The summed E-state index contributed by atoms with van der Waals surface area (Å²) in [7, 11) is 1.89. The maximum absolute atomic E-state index is 5.89. The van der Waals surface area contributed by atoms with Crippen LogP contribution >= 0.6 is 0 Å². The Hall–Kier alpha value is -2.50. The van der Waals surface area contributed by atoms with E-state index in [1.807, 2.05) is 17.8 Å². The second kappa shape index (κ2) is 3.51. The van der Waals surface area contributed by atoms with Crippen molar-refractivity contribution in [1.29, 1.82) is 0 Å². The molecule has 0 bridgehead atoms. The van der Waals surface area contributed by atoms with Crippen LogP contribution in [-0.2, 0) is 7.05 Å². The van der Waals surface area contributed by atoms with Crippen LogP contribution in [0.5, 0.6) is 0 Å². The van der Waals surface area contributed by atoms with Crippen LogP contribution in [0.15, 0.2) is 31.0 Å². The molecular weight excluding hydrogens is 216 g/mol. The first kappa shape index (κ1) is 9.71. The molecule has 0 atom stereocenters. The molecule has 0 aliphatic carbocycles. The van der Waals surface area contributed by atoms with Gasteiger partial charge in [0.15, 0.2) is 5.82 Å². The molecule has 6 nitrogen and oxygen atoms in total. The molecule has 2 N–H and O–H groups in total. The van der Waals surface area contributed by atoms with E-state index in [1.54, 1.807) is 24.8 Å². The number of aromatic nitrogens is 5. The maximum atomic E-state index is 5.89. The molecule has 3 aromatic rings. The summed E-state index contributed by atoms with van der Waals surface area (Å²) >= 11 is 0. The highest BCUT2D eigenvalue weighted by molar-refractivity contribution is 5.88. The fourth-order valence-electron chi connectivity index (χ4n) is 1.65. The van der Waals surface area contributed by atoms with Gasteiger partial charge in [-0.25, -0.2) is 15.0 Å². The van der Waals surface area contributed by atoms with Gasteiger partial charge in [-0.1, -0.05) is 0 Å². The first-order chi connectivity index (χ1) is 8.24. The van der Waals surface area contributed by atoms with E-state index >= 15 is 0 Å². The van der Waals surface area contributed by atoms with E-state index in [1.165, 1.54) is 0 Å². The summed E-state index contributed by atoms with van der Waals surface area (Å²) in [5.74, 6) is 0.960. The number of pyridine rings is 1. The van der Waals surface area contributed by atoms with Crippen LogP contribution < -0.4 is 5.73 Å². The molecule has 0 aromatic carbocycles. The Bertz CT molecular complexity index is 687. The molecule has 0 saturated heterocycles. The lowest BCUT2D eigenvalue weighted by Crippen LogP contribution is -1.98. The molecule has 3 aromatic heterocycles. The van der Waals surface area contributed by atoms with Crippen LogP contribution in [0.3, 0.4) is 0 Å². The molecule has 6 heteroatoms. The molecule has 0 fully saturated rings. The average molecular weight is 226 g/mol. The largest absolute Gasteiger partial charge is 0.383 e. The van der Waals surface area contributed by atoms with Crippen molar-refractivity contribution in [2.24, 2.45) is 7.05 Å². The molecule has 3 heterocycles. The zero-order valence-electron chi connectivity index (χ0n) is 9.20. The Morgan fingerprint density at radius 2 is 2.18 bits per heavy atom. The minimum Gasteiger partial charge on any atom is -0.383 e. The third-order valence-corrected chi connectivity index (χ3v) is 2.46. The van der Waals surface area contributed by atoms with Gasteiger partial charge in [-0.15, -0.1) is 0 Å². The number of hydrogen-bond acceptors (Lipinski definition) is 5. The number of hydrogen-bond donors (Lipinski definition) is 1. The van der Waals surface area contributed by atoms with Crippen molar-refractivity contribution in [3.8, 4) is 11.5 Å². The zero-order valence-corrected chi connectivity index (χ0v) is 9.20. The van der Waals surface area contributed by atoms with Gasteiger partial charge in [0.25, 0.3) is 0 Å². The van der Waals surface area contributed by atoms with E-state index in [0.29, 0.717) is 17.3 Å². The topological polar surface area (TPSA) is 82.5 Å². The molecule has 0 aliphatic rings. The summed E-state index contributed by atoms with van der Waals surface area (Å²) in [5.41, 5.74) is 7.31. The zero-order chi connectivity index (χ0) is 11.8. The van der Waals surface area contributed by atoms with Gasteiger partial charge >= 0.3 is 0 Å². The fraction of sp³-hybridized carbons (Fsp3) is 0.0909. The highest BCUT2D eigenvalue weighted by Crippen LogP contribution is 2.20. The molecule has 0 aliphatic heterocycles. The van der Waals surface area contributed by atoms with Gasteiger partial charge in [-0.2, -0.15) is 0 Å². The van der Waals surface area contributed by atoms with Crippen LogP contribution in [0.2, 0.25) is 0 Å². The van der Waals surface area contributed by atoms with Gasteiger partial charge in [-0.3, -0.25) is 4.98 Å². The van der Waals surface area contributed by atoms with Crippen molar-refractivity contribution >= 4 is 16.7 Å². The average Bonchev–Trinajstić information content (AvgIpc) is 2.76. The number of imidazole rings is 1. The van der Waals surface area contributed by atoms with Gasteiger partial charge in [0.2, 0.25) is 0 Å². The number of nitrogen functional groups attached to an aromatic ring is 1. The fourth-order valence-corrected chi connectivity index (χ4v) is 1.65. The van der Waals surface area contributed by atoms with E-state index in [0.717, 1.165) is 10.9 Å². The lowest BCUT2D eigenvalue weighted by atomic mass is 10.3. The van der Waals surface area contributed by atoms with Gasteiger partial charge in [0.1, 0.15) is 11.5 Å². The first-order valence-corrected chi connectivity index (χ1v) is 5.09. The number of nitrogens with two attached hydrogens (primary N) is 1. The van der Waals surface area contributed by atoms with E-state index < -0.39 is 0 Å². The minimum atomic E-state index is 0.443. The molecule has 0 amide bonds. The lowest BCUT2D eigenvalue weighted by molar-refractivity contribution is 0.913. The highest BCUT2D eigenvalue weighted by atomic mass is 15.0. The number of fused-ring (bicyclic) bond motifs is 1. The van der Waals surface area contributed by atoms with Gasteiger partial charge in [0, 0.05) is 24.8 Å². The van der Waals surface area contributed by atoms with Crippen molar-refractivity contribution in [1.82, 2.24) is 24.5 Å². The SMILES string of the molecule is Cn1cnc(-c2nc(N)c3ccncc3n2)c1. The van der Waals surface area contributed by atoms with Crippen LogP contribution in [0.1, 0.15) is 0 Å². The van der Waals surface area contributed by atoms with Crippen LogP contribution in [0, 0.1) is 0 Å². The Kier molecular flexibility index (Phi) is 2.01. The summed E-state index contributed by atoms with van der Waals surface area (Å²) in [4.78, 5) is 16.9. The first-order valence-electron chi connectivity index (χ1n) is 5.09. The summed E-state index contributed by atoms with van der Waals surface area (Å²) in [6.45, 7) is 0. The standard InChI is InChI=1S/C11H10N6/c1-17-5-9(14-6-17)11-15-8-4-13-3-2-7(8)10(12)16-11/h2-6H,1H3,(H2,12,15,16). The number of rotatable bonds is 1. The Labute approximate surface area is 97.2 Å². The number of aryl methyl sites for hydroxylation is 1. The van der Waals surface area contributed by atoms with Crippen LogP contribution in [0.25, 0.3) is 22.4 Å². The Morgan fingerprint density at radius 3 is 2.94 bits per heavy atom. The molecular formula is C11H10N6. The van der Waals surface area contributed by atoms with E-state index in [9.17, 15) is 0 Å². The summed E-state index contributed by atoms with van der Waals surface area (Å²) in [6, 6.07) is 1.80. The Morgan fingerprint density at radius 1 is 1.29 bits per heavy atom. The maximum Gasteiger partial charge on any atom is 0.182 e. The molecule has 0 unspecified atom stereocenters. The third-order valence-electron chi connectivity index (χ3n) is 2.46. The van der Waals surface area contributed by atoms with Gasteiger partial charge in [0.05, 0.1) is 18.0 Å². The second-order valence-corrected chi connectivity index (χ2v) is 3.75. The molecule has 0 spiro atoms. The summed E-state index contributed by atoms with van der Waals surface area (Å²) in [5, 5.41) is 0.805. The predicted octanol–water partition coefficient (Wildman–Crippen LogP) is 1.01. The molecule has 0 radical (unpaired) electrons. The number of nitrogens with zero attached hydrogens (tertiary/aromatic N) is 5. The highest BCUT2D eigenvalue weighted by Gasteiger charge is 2.08. The number of anilines is 1. The molecule has 0 saturated carbocycles. The summed E-state index contributed by atoms with van der Waals surface area (Å²) in [6.07, 6.45) is 6.88. The van der Waals surface area contributed by atoms with Crippen molar-refractivity contribution in [3.63, 3.8) is 0 Å². The van der Waals surface area contributed by atoms with Crippen molar-refractivity contribution in [2.75, 3.05) is 5.73 Å². The van der Waals surface area contributed by atoms with Gasteiger partial charge < -0.3 is 10.3 Å². The summed E-state index contributed by atoms with van der Waals surface area (Å²) < 4.78 is 1.84. The quantitative estimate of drug-likeness (QED) is 0.669. The van der Waals surface area contributed by atoms with Crippen molar-refractivity contribution in [2.45, 2.75) is 0 Å². The van der Waals surface area contributed by atoms with E-state index in [2.05, 4.69) is 19.9 Å². The molecule has 3 rings (SSSR count). The van der Waals surface area contributed by atoms with Gasteiger partial charge in [-0.05, 0) is 6.07 Å². The lowest BCUT2D eigenvalue weighted by Gasteiger charge is -2.02. The minimum absolute atomic E-state index is 0.443. The molecule has 84 valence electrons.